The normalized spacial score (nSPS) is 25.2. The Balaban J connectivity index is 2.00. The van der Waals surface area contributed by atoms with Crippen LogP contribution in [0, 0.1) is 11.8 Å². The summed E-state index contributed by atoms with van der Waals surface area (Å²) in [5.41, 5.74) is 0.684. The van der Waals surface area contributed by atoms with Crippen molar-refractivity contribution in [1.29, 1.82) is 0 Å². The maximum atomic E-state index is 12.4. The molecule has 0 aromatic heterocycles. The summed E-state index contributed by atoms with van der Waals surface area (Å²) in [7, 11) is 0. The Morgan fingerprint density at radius 1 is 1.30 bits per heavy atom. The Kier molecular flexibility index (Phi) is 5.06. The van der Waals surface area contributed by atoms with Crippen molar-refractivity contribution in [1.82, 2.24) is 4.90 Å². The molecule has 1 saturated heterocycles. The molecule has 0 bridgehead atoms. The quantitative estimate of drug-likeness (QED) is 0.923. The Morgan fingerprint density at radius 3 is 2.50 bits per heavy atom. The number of carbonyl (C=O) groups excluding carboxylic acids is 1. The first-order valence-corrected chi connectivity index (χ1v) is 7.64. The number of nitrogens with one attached hydrogen (secondary N) is 1. The number of benzene rings is 1. The molecule has 0 saturated carbocycles. The lowest BCUT2D eigenvalue weighted by molar-refractivity contribution is -0.121. The topological polar surface area (TPSA) is 32.3 Å². The molecule has 2 rings (SSSR count). The summed E-state index contributed by atoms with van der Waals surface area (Å²) in [6.07, 6.45) is 1.25. The molecule has 0 radical (unpaired) electrons. The summed E-state index contributed by atoms with van der Waals surface area (Å²) in [5.74, 6) is 1.31. The molecule has 1 aliphatic rings. The van der Waals surface area contributed by atoms with Gasteiger partial charge in [0.1, 0.15) is 0 Å². The third-order valence-electron chi connectivity index (χ3n) is 3.96. The molecule has 1 N–H and O–H groups in total. The van der Waals surface area contributed by atoms with E-state index in [1.54, 1.807) is 6.07 Å². The summed E-state index contributed by atoms with van der Waals surface area (Å²) in [5, 5.41) is 3.50. The third kappa shape index (κ3) is 3.74. The molecule has 0 spiro atoms. The minimum absolute atomic E-state index is 0.0133. The lowest BCUT2D eigenvalue weighted by Gasteiger charge is -2.38. The molecule has 1 heterocycles. The average molecular weight is 295 g/mol. The number of hydrogen-bond acceptors (Lipinski definition) is 2. The van der Waals surface area contributed by atoms with Crippen molar-refractivity contribution in [2.24, 2.45) is 11.8 Å². The lowest BCUT2D eigenvalue weighted by Crippen LogP contribution is -2.48. The zero-order valence-corrected chi connectivity index (χ0v) is 13.2. The maximum absolute atomic E-state index is 12.4. The number of piperidine rings is 1. The van der Waals surface area contributed by atoms with E-state index >= 15 is 0 Å². The van der Waals surface area contributed by atoms with Crippen molar-refractivity contribution in [3.63, 3.8) is 0 Å². The monoisotopic (exact) mass is 294 g/mol. The molecule has 1 aliphatic heterocycles. The highest BCUT2D eigenvalue weighted by atomic mass is 35.5. The van der Waals surface area contributed by atoms with E-state index in [1.165, 1.54) is 6.42 Å². The van der Waals surface area contributed by atoms with Gasteiger partial charge in [-0.3, -0.25) is 9.69 Å². The van der Waals surface area contributed by atoms with Crippen molar-refractivity contribution < 1.29 is 4.79 Å². The van der Waals surface area contributed by atoms with Crippen LogP contribution in [0.5, 0.6) is 0 Å². The first-order chi connectivity index (χ1) is 9.47. The van der Waals surface area contributed by atoms with Crippen LogP contribution in [0.4, 0.5) is 5.69 Å². The second kappa shape index (κ2) is 6.59. The molecule has 20 heavy (non-hydrogen) atoms. The maximum Gasteiger partial charge on any atom is 0.241 e. The predicted molar refractivity (Wildman–Crippen MR) is 84.1 cm³/mol. The van der Waals surface area contributed by atoms with E-state index in [-0.39, 0.29) is 11.9 Å². The number of rotatable bonds is 3. The number of halogens is 1. The van der Waals surface area contributed by atoms with Gasteiger partial charge in [-0.25, -0.2) is 0 Å². The fraction of sp³-hybridized carbons (Fsp3) is 0.562. The van der Waals surface area contributed by atoms with Crippen LogP contribution >= 0.6 is 11.6 Å². The Labute approximate surface area is 126 Å². The van der Waals surface area contributed by atoms with E-state index in [2.05, 4.69) is 24.1 Å². The van der Waals surface area contributed by atoms with Gasteiger partial charge in [-0.15, -0.1) is 0 Å². The van der Waals surface area contributed by atoms with E-state index in [0.717, 1.165) is 13.1 Å². The predicted octanol–water partition coefficient (Wildman–Crippen LogP) is 3.64. The van der Waals surface area contributed by atoms with Gasteiger partial charge >= 0.3 is 0 Å². The van der Waals surface area contributed by atoms with Crippen molar-refractivity contribution in [3.8, 4) is 0 Å². The number of likely N-dealkylation sites (tertiary alicyclic amines) is 1. The lowest BCUT2D eigenvalue weighted by atomic mass is 9.91. The number of para-hydroxylation sites is 1. The molecular weight excluding hydrogens is 272 g/mol. The Bertz CT molecular complexity index is 467. The van der Waals surface area contributed by atoms with E-state index < -0.39 is 0 Å². The van der Waals surface area contributed by atoms with Crippen LogP contribution < -0.4 is 5.32 Å². The highest BCUT2D eigenvalue weighted by molar-refractivity contribution is 6.33. The highest BCUT2D eigenvalue weighted by Gasteiger charge is 2.28. The molecule has 0 unspecified atom stereocenters. The van der Waals surface area contributed by atoms with Gasteiger partial charge in [0.15, 0.2) is 0 Å². The van der Waals surface area contributed by atoms with Crippen LogP contribution in [0.1, 0.15) is 27.2 Å². The second-order valence-corrected chi connectivity index (χ2v) is 6.45. The molecule has 4 heteroatoms. The van der Waals surface area contributed by atoms with Gasteiger partial charge in [0.25, 0.3) is 0 Å². The van der Waals surface area contributed by atoms with Gasteiger partial charge in [-0.1, -0.05) is 37.6 Å². The minimum atomic E-state index is -0.128. The van der Waals surface area contributed by atoms with Crippen molar-refractivity contribution in [2.75, 3.05) is 18.4 Å². The number of hydrogen-bond donors (Lipinski definition) is 1. The van der Waals surface area contributed by atoms with Crippen LogP contribution in [0.15, 0.2) is 24.3 Å². The summed E-state index contributed by atoms with van der Waals surface area (Å²) in [6.45, 7) is 8.45. The molecule has 1 aromatic rings. The summed E-state index contributed by atoms with van der Waals surface area (Å²) in [4.78, 5) is 14.6. The van der Waals surface area contributed by atoms with Crippen molar-refractivity contribution in [3.05, 3.63) is 29.3 Å². The van der Waals surface area contributed by atoms with Crippen LogP contribution in [-0.2, 0) is 4.79 Å². The molecule has 1 amide bonds. The van der Waals surface area contributed by atoms with Gasteiger partial charge in [0.2, 0.25) is 5.91 Å². The van der Waals surface area contributed by atoms with Crippen LogP contribution in [0.25, 0.3) is 0 Å². The highest BCUT2D eigenvalue weighted by Crippen LogP contribution is 2.24. The molecule has 1 aromatic carbocycles. The number of amides is 1. The van der Waals surface area contributed by atoms with Gasteiger partial charge in [0, 0.05) is 13.1 Å². The van der Waals surface area contributed by atoms with E-state index in [4.69, 9.17) is 11.6 Å². The number of nitrogens with zero attached hydrogens (tertiary/aromatic N) is 1. The molecule has 110 valence electrons. The Hall–Kier alpha value is -1.06. The Morgan fingerprint density at radius 2 is 1.90 bits per heavy atom. The van der Waals surface area contributed by atoms with E-state index in [0.29, 0.717) is 22.5 Å². The molecule has 1 fully saturated rings. The number of anilines is 1. The molecule has 3 atom stereocenters. The van der Waals surface area contributed by atoms with Crippen molar-refractivity contribution >= 4 is 23.2 Å². The molecular formula is C16H23ClN2O. The van der Waals surface area contributed by atoms with Gasteiger partial charge in [0.05, 0.1) is 16.8 Å². The molecule has 3 nitrogen and oxygen atoms in total. The van der Waals surface area contributed by atoms with E-state index in [9.17, 15) is 4.79 Å². The third-order valence-corrected chi connectivity index (χ3v) is 4.29. The number of carbonyl (C=O) groups is 1. The van der Waals surface area contributed by atoms with Crippen LogP contribution in [0.3, 0.4) is 0 Å². The van der Waals surface area contributed by atoms with Crippen LogP contribution in [0.2, 0.25) is 5.02 Å². The summed E-state index contributed by atoms with van der Waals surface area (Å²) >= 11 is 6.08. The minimum Gasteiger partial charge on any atom is -0.323 e. The van der Waals surface area contributed by atoms with Crippen LogP contribution in [-0.4, -0.2) is 29.9 Å². The fourth-order valence-corrected chi connectivity index (χ4v) is 3.18. The average Bonchev–Trinajstić information content (AvgIpc) is 2.39. The zero-order valence-electron chi connectivity index (χ0n) is 12.4. The first-order valence-electron chi connectivity index (χ1n) is 7.26. The SMILES string of the molecule is C[C@H]1C[C@H](C)CN([C@@H](C)C(=O)Nc2ccccc2Cl)C1. The largest absolute Gasteiger partial charge is 0.323 e. The first kappa shape index (κ1) is 15.3. The smallest absolute Gasteiger partial charge is 0.241 e. The van der Waals surface area contributed by atoms with Gasteiger partial charge < -0.3 is 5.32 Å². The fourth-order valence-electron chi connectivity index (χ4n) is 2.99. The molecule has 0 aliphatic carbocycles. The summed E-state index contributed by atoms with van der Waals surface area (Å²) < 4.78 is 0. The van der Waals surface area contributed by atoms with Crippen molar-refractivity contribution in [2.45, 2.75) is 33.2 Å². The zero-order chi connectivity index (χ0) is 14.7. The summed E-state index contributed by atoms with van der Waals surface area (Å²) in [6, 6.07) is 7.21. The standard InChI is InChI=1S/C16H23ClN2O/c1-11-8-12(2)10-19(9-11)13(3)16(20)18-15-7-5-4-6-14(15)17/h4-7,11-13H,8-10H2,1-3H3,(H,18,20)/t11-,12-,13-/m0/s1. The van der Waals surface area contributed by atoms with Gasteiger partial charge in [-0.05, 0) is 37.3 Å². The second-order valence-electron chi connectivity index (χ2n) is 6.05. The van der Waals surface area contributed by atoms with E-state index in [1.807, 2.05) is 25.1 Å². The van der Waals surface area contributed by atoms with Gasteiger partial charge in [-0.2, -0.15) is 0 Å².